The average Bonchev–Trinajstić information content (AvgIpc) is 2.84. The fraction of sp³-hybridized carbons (Fsp3) is 0.208. The molecule has 0 heterocycles. The van der Waals surface area contributed by atoms with Crippen LogP contribution in [0.2, 0.25) is 0 Å². The number of hydrogen-bond acceptors (Lipinski definition) is 7. The molecule has 0 saturated heterocycles. The van der Waals surface area contributed by atoms with Gasteiger partial charge in [-0.05, 0) is 49.7 Å². The summed E-state index contributed by atoms with van der Waals surface area (Å²) >= 11 is -2.49. The van der Waals surface area contributed by atoms with Crippen LogP contribution in [-0.2, 0) is 16.0 Å². The molecule has 0 fully saturated rings. The second-order valence-electron chi connectivity index (χ2n) is 7.37. The minimum Gasteiger partial charge on any atom is -0.487 e. The Morgan fingerprint density at radius 3 is 2.34 bits per heavy atom. The summed E-state index contributed by atoms with van der Waals surface area (Å²) in [6, 6.07) is 15.2. The average molecular weight is 501 g/mol. The fourth-order valence-corrected chi connectivity index (χ4v) is 3.82. The van der Waals surface area contributed by atoms with Crippen molar-refractivity contribution in [1.82, 2.24) is 0 Å². The van der Waals surface area contributed by atoms with Gasteiger partial charge in [-0.3, -0.25) is 14.7 Å². The molecular weight excluding hydrogens is 476 g/mol. The van der Waals surface area contributed by atoms with Gasteiger partial charge >= 0.3 is 11.7 Å². The van der Waals surface area contributed by atoms with Crippen molar-refractivity contribution < 1.29 is 32.7 Å². The van der Waals surface area contributed by atoms with E-state index in [2.05, 4.69) is 0 Å². The third-order valence-corrected chi connectivity index (χ3v) is 5.56. The van der Waals surface area contributed by atoms with E-state index in [0.29, 0.717) is 18.7 Å². The first-order valence-corrected chi connectivity index (χ1v) is 11.6. The van der Waals surface area contributed by atoms with Gasteiger partial charge in [0.05, 0.1) is 35.6 Å². The molecule has 184 valence electrons. The summed E-state index contributed by atoms with van der Waals surface area (Å²) in [4.78, 5) is 23.3. The number of benzene rings is 3. The van der Waals surface area contributed by atoms with Crippen LogP contribution in [-0.4, -0.2) is 33.4 Å². The molecule has 1 atom stereocenters. The van der Waals surface area contributed by atoms with Gasteiger partial charge in [0.2, 0.25) is 5.75 Å². The third kappa shape index (κ3) is 6.14. The highest BCUT2D eigenvalue weighted by molar-refractivity contribution is 7.81. The Morgan fingerprint density at radius 2 is 1.74 bits per heavy atom. The lowest BCUT2D eigenvalue weighted by Crippen LogP contribution is -2.22. The van der Waals surface area contributed by atoms with E-state index < -0.39 is 22.2 Å². The van der Waals surface area contributed by atoms with Gasteiger partial charge < -0.3 is 14.2 Å². The van der Waals surface area contributed by atoms with Crippen LogP contribution in [0.5, 0.6) is 17.2 Å². The summed E-state index contributed by atoms with van der Waals surface area (Å²) in [6.45, 7) is 4.05. The van der Waals surface area contributed by atoms with Crippen molar-refractivity contribution in [2.75, 3.05) is 18.0 Å². The van der Waals surface area contributed by atoms with Crippen molar-refractivity contribution in [3.05, 3.63) is 81.9 Å². The third-order valence-electron chi connectivity index (χ3n) is 4.84. The summed E-state index contributed by atoms with van der Waals surface area (Å²) in [6.07, 6.45) is 0.663. The second-order valence-corrected chi connectivity index (χ2v) is 8.19. The Morgan fingerprint density at radius 1 is 1.09 bits per heavy atom. The number of nitro groups is 1. The van der Waals surface area contributed by atoms with Crippen molar-refractivity contribution in [1.29, 1.82) is 0 Å². The van der Waals surface area contributed by atoms with Crippen LogP contribution in [0.25, 0.3) is 0 Å². The molecule has 3 rings (SSSR count). The molecule has 1 N–H and O–H groups in total. The molecule has 0 amide bonds. The molecule has 3 aromatic rings. The van der Waals surface area contributed by atoms with Gasteiger partial charge in [0.15, 0.2) is 0 Å². The first-order chi connectivity index (χ1) is 16.7. The van der Waals surface area contributed by atoms with Crippen LogP contribution < -0.4 is 13.8 Å². The van der Waals surface area contributed by atoms with Gasteiger partial charge in [0.25, 0.3) is 11.3 Å². The summed E-state index contributed by atoms with van der Waals surface area (Å²) in [5, 5.41) is 11.3. The number of carbonyl (C=O) groups excluding carboxylic acids is 1. The lowest BCUT2D eigenvalue weighted by atomic mass is 10.1. The topological polar surface area (TPSA) is 128 Å². The van der Waals surface area contributed by atoms with Crippen LogP contribution >= 0.6 is 0 Å². The molecule has 35 heavy (non-hydrogen) atoms. The van der Waals surface area contributed by atoms with E-state index in [4.69, 9.17) is 14.2 Å². The highest BCUT2D eigenvalue weighted by atomic mass is 32.2. The van der Waals surface area contributed by atoms with E-state index in [1.807, 2.05) is 13.8 Å². The summed E-state index contributed by atoms with van der Waals surface area (Å²) in [5.74, 6) is -0.243. The Hall–Kier alpha value is -3.96. The molecule has 0 radical (unpaired) electrons. The van der Waals surface area contributed by atoms with Crippen molar-refractivity contribution in [3.8, 4) is 17.2 Å². The van der Waals surface area contributed by atoms with Crippen molar-refractivity contribution in [3.63, 3.8) is 0 Å². The largest absolute Gasteiger partial charge is 0.487 e. The number of ether oxygens (including phenoxy) is 3. The Bertz CT molecular complexity index is 1250. The molecule has 0 aliphatic rings. The fourth-order valence-electron chi connectivity index (χ4n) is 3.20. The zero-order valence-electron chi connectivity index (χ0n) is 19.3. The Balaban J connectivity index is 2.01. The molecule has 1 unspecified atom stereocenters. The number of hydrogen-bond donors (Lipinski definition) is 1. The molecule has 0 aromatic heterocycles. The Kier molecular flexibility index (Phi) is 8.39. The standard InChI is InChI=1S/C24H24N2O8S/c1-4-13-33-23-15-19(10-12-22(23)26(28)29)34-18-9-11-21(20(14-18)24(27)32-3)25(35(30)31)17-7-5-16(2)6-8-17/h5-12,14-15H,4,13H2,1-3H3,(H,30,31). The quantitative estimate of drug-likeness (QED) is 0.166. The number of methoxy groups -OCH3 is 1. The SMILES string of the molecule is CCCOc1cc(Oc2ccc(N(c3ccc(C)cc3)S(=O)O)c(C(=O)OC)c2)ccc1[N+](=O)[O-]. The summed E-state index contributed by atoms with van der Waals surface area (Å²) < 4.78 is 39.5. The highest BCUT2D eigenvalue weighted by Crippen LogP contribution is 2.37. The Labute approximate surface area is 204 Å². The smallest absolute Gasteiger partial charge is 0.340 e. The molecule has 3 aromatic carbocycles. The predicted octanol–water partition coefficient (Wildman–Crippen LogP) is 5.55. The minimum atomic E-state index is -2.49. The van der Waals surface area contributed by atoms with E-state index in [9.17, 15) is 23.7 Å². The van der Waals surface area contributed by atoms with E-state index in [0.717, 1.165) is 9.87 Å². The minimum absolute atomic E-state index is 0.0163. The van der Waals surface area contributed by atoms with Crippen molar-refractivity contribution in [2.24, 2.45) is 0 Å². The van der Waals surface area contributed by atoms with Crippen LogP contribution in [0.15, 0.2) is 60.7 Å². The molecule has 11 heteroatoms. The van der Waals surface area contributed by atoms with Gasteiger partial charge in [-0.2, -0.15) is 0 Å². The maximum absolute atomic E-state index is 12.6. The van der Waals surface area contributed by atoms with Gasteiger partial charge in [-0.25, -0.2) is 13.3 Å². The number of carbonyl (C=O) groups is 1. The number of anilines is 2. The zero-order valence-corrected chi connectivity index (χ0v) is 20.1. The van der Waals surface area contributed by atoms with Crippen molar-refractivity contribution in [2.45, 2.75) is 20.3 Å². The number of rotatable bonds is 10. The maximum Gasteiger partial charge on any atom is 0.340 e. The summed E-state index contributed by atoms with van der Waals surface area (Å²) in [5.41, 5.74) is 1.26. The molecule has 0 aliphatic heterocycles. The molecule has 0 bridgehead atoms. The number of aryl methyl sites for hydroxylation is 1. The first-order valence-electron chi connectivity index (χ1n) is 10.5. The highest BCUT2D eigenvalue weighted by Gasteiger charge is 2.24. The monoisotopic (exact) mass is 500 g/mol. The van der Waals surface area contributed by atoms with E-state index >= 15 is 0 Å². The summed E-state index contributed by atoms with van der Waals surface area (Å²) in [7, 11) is 1.19. The van der Waals surface area contributed by atoms with Crippen LogP contribution in [0.3, 0.4) is 0 Å². The maximum atomic E-state index is 12.6. The van der Waals surface area contributed by atoms with Gasteiger partial charge in [-0.15, -0.1) is 0 Å². The predicted molar refractivity (Wildman–Crippen MR) is 131 cm³/mol. The van der Waals surface area contributed by atoms with E-state index in [1.54, 1.807) is 24.3 Å². The lowest BCUT2D eigenvalue weighted by molar-refractivity contribution is -0.385. The van der Waals surface area contributed by atoms with Crippen molar-refractivity contribution >= 4 is 34.3 Å². The number of nitro benzene ring substituents is 1. The normalized spacial score (nSPS) is 11.4. The second kappa shape index (κ2) is 11.4. The van der Waals surface area contributed by atoms with E-state index in [-0.39, 0.29) is 34.2 Å². The van der Waals surface area contributed by atoms with Gasteiger partial charge in [-0.1, -0.05) is 24.6 Å². The molecular formula is C24H24N2O8S. The molecule has 0 spiro atoms. The first kappa shape index (κ1) is 25.7. The van der Waals surface area contributed by atoms with Gasteiger partial charge in [0.1, 0.15) is 11.5 Å². The van der Waals surface area contributed by atoms with Crippen LogP contribution in [0.4, 0.5) is 17.1 Å². The number of nitrogens with zero attached hydrogens (tertiary/aromatic N) is 2. The molecule has 0 saturated carbocycles. The van der Waals surface area contributed by atoms with Crippen LogP contribution in [0, 0.1) is 17.0 Å². The molecule has 10 nitrogen and oxygen atoms in total. The van der Waals surface area contributed by atoms with E-state index in [1.165, 1.54) is 43.5 Å². The van der Waals surface area contributed by atoms with Crippen LogP contribution in [0.1, 0.15) is 29.3 Å². The lowest BCUT2D eigenvalue weighted by Gasteiger charge is -2.23. The zero-order chi connectivity index (χ0) is 25.5. The molecule has 0 aliphatic carbocycles. The van der Waals surface area contributed by atoms with Gasteiger partial charge in [0, 0.05) is 12.1 Å². The number of esters is 1.